The minimum absolute atomic E-state index is 0.0325. The number of carbonyl (C=O) groups is 1. The van der Waals surface area contributed by atoms with Gasteiger partial charge in [0.05, 0.1) is 12.9 Å². The van der Waals surface area contributed by atoms with Crippen LogP contribution in [0, 0.1) is 0 Å². The molecule has 0 aromatic carbocycles. The highest BCUT2D eigenvalue weighted by Crippen LogP contribution is 1.84. The van der Waals surface area contributed by atoms with E-state index in [1.807, 2.05) is 0 Å². The summed E-state index contributed by atoms with van der Waals surface area (Å²) in [5.74, 6) is 0.0325. The Hall–Kier alpha value is -1.45. The molecule has 0 unspecified atom stereocenters. The normalized spacial score (nSPS) is 9.75. The molecule has 0 N–H and O–H groups in total. The molecule has 0 amide bonds. The van der Waals surface area contributed by atoms with Crippen LogP contribution in [0.4, 0.5) is 0 Å². The fourth-order valence-corrected chi connectivity index (χ4v) is 0.799. The number of carbonyl (C=O) groups excluding carboxylic acids is 1. The number of Topliss-reactive ketones (excluding diaryl/α,β-unsaturated/α-hetero) is 1. The molecule has 0 spiro atoms. The molecule has 0 bridgehead atoms. The lowest BCUT2D eigenvalue weighted by Gasteiger charge is -2.00. The average molecular weight is 166 g/mol. The lowest BCUT2D eigenvalue weighted by molar-refractivity contribution is -0.119. The smallest absolute Gasteiger partial charge is 0.253 e. The van der Waals surface area contributed by atoms with Crippen LogP contribution in [0.15, 0.2) is 23.4 Å². The van der Waals surface area contributed by atoms with Crippen LogP contribution in [-0.2, 0) is 11.3 Å². The predicted octanol–water partition coefficient (Wildman–Crippen LogP) is 0.222. The zero-order valence-electron chi connectivity index (χ0n) is 6.86. The molecule has 0 radical (unpaired) electrons. The van der Waals surface area contributed by atoms with E-state index in [1.165, 1.54) is 23.2 Å². The molecular formula is C8H10N2O2. The van der Waals surface area contributed by atoms with E-state index in [-0.39, 0.29) is 17.9 Å². The SMILES string of the molecule is CCC(=O)Cn1cnccc1=O. The third kappa shape index (κ3) is 2.02. The highest BCUT2D eigenvalue weighted by molar-refractivity contribution is 5.77. The zero-order valence-corrected chi connectivity index (χ0v) is 6.86. The Morgan fingerprint density at radius 1 is 1.67 bits per heavy atom. The van der Waals surface area contributed by atoms with Gasteiger partial charge in [-0.3, -0.25) is 14.2 Å². The summed E-state index contributed by atoms with van der Waals surface area (Å²) in [4.78, 5) is 25.7. The topological polar surface area (TPSA) is 52.0 Å². The van der Waals surface area contributed by atoms with Crippen molar-refractivity contribution >= 4 is 5.78 Å². The van der Waals surface area contributed by atoms with E-state index in [4.69, 9.17) is 0 Å². The summed E-state index contributed by atoms with van der Waals surface area (Å²) < 4.78 is 1.30. The van der Waals surface area contributed by atoms with Gasteiger partial charge in [-0.05, 0) is 0 Å². The predicted molar refractivity (Wildman–Crippen MR) is 43.8 cm³/mol. The van der Waals surface area contributed by atoms with Gasteiger partial charge in [-0.25, -0.2) is 4.98 Å². The van der Waals surface area contributed by atoms with Crippen LogP contribution in [-0.4, -0.2) is 15.3 Å². The molecule has 4 heteroatoms. The largest absolute Gasteiger partial charge is 0.298 e. The number of hydrogen-bond acceptors (Lipinski definition) is 3. The Labute approximate surface area is 69.9 Å². The summed E-state index contributed by atoms with van der Waals surface area (Å²) in [6.45, 7) is 1.90. The number of ketones is 1. The van der Waals surface area contributed by atoms with Crippen LogP contribution in [0.1, 0.15) is 13.3 Å². The third-order valence-electron chi connectivity index (χ3n) is 1.53. The van der Waals surface area contributed by atoms with E-state index in [1.54, 1.807) is 6.92 Å². The highest BCUT2D eigenvalue weighted by atomic mass is 16.1. The molecule has 0 aliphatic heterocycles. The summed E-state index contributed by atoms with van der Waals surface area (Å²) >= 11 is 0. The molecule has 64 valence electrons. The molecule has 0 fully saturated rings. The molecule has 0 saturated heterocycles. The fourth-order valence-electron chi connectivity index (χ4n) is 0.799. The summed E-state index contributed by atoms with van der Waals surface area (Å²) in [5.41, 5.74) is -0.188. The molecular weight excluding hydrogens is 156 g/mol. The monoisotopic (exact) mass is 166 g/mol. The Bertz CT molecular complexity index is 330. The van der Waals surface area contributed by atoms with Crippen molar-refractivity contribution in [2.24, 2.45) is 0 Å². The van der Waals surface area contributed by atoms with Gasteiger partial charge in [-0.2, -0.15) is 0 Å². The molecule has 0 saturated carbocycles. The van der Waals surface area contributed by atoms with Crippen molar-refractivity contribution in [3.8, 4) is 0 Å². The van der Waals surface area contributed by atoms with Crippen molar-refractivity contribution in [1.29, 1.82) is 0 Å². The van der Waals surface area contributed by atoms with Crippen LogP contribution in [0.2, 0.25) is 0 Å². The highest BCUT2D eigenvalue weighted by Gasteiger charge is 2.00. The number of hydrogen-bond donors (Lipinski definition) is 0. The Morgan fingerprint density at radius 3 is 3.00 bits per heavy atom. The molecule has 1 heterocycles. The summed E-state index contributed by atoms with van der Waals surface area (Å²) in [6.07, 6.45) is 3.23. The van der Waals surface area contributed by atoms with E-state index >= 15 is 0 Å². The average Bonchev–Trinajstić information content (AvgIpc) is 2.09. The third-order valence-corrected chi connectivity index (χ3v) is 1.53. The maximum absolute atomic E-state index is 11.0. The van der Waals surface area contributed by atoms with Crippen molar-refractivity contribution < 1.29 is 4.79 Å². The zero-order chi connectivity index (χ0) is 8.97. The summed E-state index contributed by atoms with van der Waals surface area (Å²) in [7, 11) is 0. The molecule has 4 nitrogen and oxygen atoms in total. The van der Waals surface area contributed by atoms with Crippen LogP contribution in [0.3, 0.4) is 0 Å². The van der Waals surface area contributed by atoms with E-state index < -0.39 is 0 Å². The van der Waals surface area contributed by atoms with Crippen LogP contribution >= 0.6 is 0 Å². The van der Waals surface area contributed by atoms with Gasteiger partial charge in [0.2, 0.25) is 0 Å². The summed E-state index contributed by atoms with van der Waals surface area (Å²) in [5, 5.41) is 0. The maximum atomic E-state index is 11.0. The van der Waals surface area contributed by atoms with E-state index in [9.17, 15) is 9.59 Å². The molecule has 12 heavy (non-hydrogen) atoms. The molecule has 1 rings (SSSR count). The van der Waals surface area contributed by atoms with E-state index in [0.29, 0.717) is 6.42 Å². The van der Waals surface area contributed by atoms with Crippen molar-refractivity contribution in [2.75, 3.05) is 0 Å². The lowest BCUT2D eigenvalue weighted by Crippen LogP contribution is -2.22. The van der Waals surface area contributed by atoms with Gasteiger partial charge in [-0.1, -0.05) is 6.92 Å². The molecule has 1 aromatic rings. The Morgan fingerprint density at radius 2 is 2.42 bits per heavy atom. The van der Waals surface area contributed by atoms with Gasteiger partial charge in [-0.15, -0.1) is 0 Å². The Balaban J connectivity index is 2.83. The van der Waals surface area contributed by atoms with E-state index in [2.05, 4.69) is 4.98 Å². The minimum Gasteiger partial charge on any atom is -0.298 e. The van der Waals surface area contributed by atoms with E-state index in [0.717, 1.165) is 0 Å². The van der Waals surface area contributed by atoms with Crippen molar-refractivity contribution in [2.45, 2.75) is 19.9 Å². The van der Waals surface area contributed by atoms with Crippen LogP contribution in [0.25, 0.3) is 0 Å². The van der Waals surface area contributed by atoms with Gasteiger partial charge in [0.1, 0.15) is 0 Å². The van der Waals surface area contributed by atoms with Gasteiger partial charge in [0.25, 0.3) is 5.56 Å². The first kappa shape index (κ1) is 8.64. The Kier molecular flexibility index (Phi) is 2.74. The first-order valence-electron chi connectivity index (χ1n) is 3.76. The van der Waals surface area contributed by atoms with Crippen LogP contribution < -0.4 is 5.56 Å². The number of rotatable bonds is 3. The van der Waals surface area contributed by atoms with Crippen molar-refractivity contribution in [3.63, 3.8) is 0 Å². The molecule has 0 atom stereocenters. The van der Waals surface area contributed by atoms with Gasteiger partial charge < -0.3 is 0 Å². The van der Waals surface area contributed by atoms with Gasteiger partial charge in [0, 0.05) is 18.7 Å². The molecule has 1 aromatic heterocycles. The lowest BCUT2D eigenvalue weighted by atomic mass is 10.3. The first-order valence-corrected chi connectivity index (χ1v) is 3.76. The molecule has 0 aliphatic rings. The second-order valence-corrected chi connectivity index (χ2v) is 2.44. The maximum Gasteiger partial charge on any atom is 0.253 e. The summed E-state index contributed by atoms with van der Waals surface area (Å²) in [6, 6.07) is 1.34. The number of aromatic nitrogens is 2. The standard InChI is InChI=1S/C8H10N2O2/c1-2-7(11)5-10-6-9-4-3-8(10)12/h3-4,6H,2,5H2,1H3. The van der Waals surface area contributed by atoms with Crippen LogP contribution in [0.5, 0.6) is 0 Å². The second-order valence-electron chi connectivity index (χ2n) is 2.44. The quantitative estimate of drug-likeness (QED) is 0.645. The second kappa shape index (κ2) is 3.80. The first-order chi connectivity index (χ1) is 5.74. The number of nitrogens with zero attached hydrogens (tertiary/aromatic N) is 2. The minimum atomic E-state index is -0.188. The fraction of sp³-hybridized carbons (Fsp3) is 0.375. The molecule has 0 aliphatic carbocycles. The van der Waals surface area contributed by atoms with Gasteiger partial charge in [0.15, 0.2) is 5.78 Å². The van der Waals surface area contributed by atoms with Crippen molar-refractivity contribution in [1.82, 2.24) is 9.55 Å². The van der Waals surface area contributed by atoms with Crippen molar-refractivity contribution in [3.05, 3.63) is 28.9 Å². The van der Waals surface area contributed by atoms with Gasteiger partial charge >= 0.3 is 0 Å².